The first-order chi connectivity index (χ1) is 15.0. The predicted octanol–water partition coefficient (Wildman–Crippen LogP) is 4.13. The van der Waals surface area contributed by atoms with E-state index in [9.17, 15) is 10.1 Å². The molecular formula is C24H29N5OS. The standard InChI is InChI=1S/C24H29N5OS/c25-16-24(13-14-24)29(27)15-19(26)22(18-9-5-2-6-10-18)28-23(30)21-12-11-20(31-21)17-7-3-1-4-8-17/h1,3-4,7-8,11-12,15,18,22H,2,5-6,9-10,13-14,26-27H2,(H,28,30)/b19-15-. The molecule has 1 atom stereocenters. The van der Waals surface area contributed by atoms with Gasteiger partial charge in [0.15, 0.2) is 0 Å². The van der Waals surface area contributed by atoms with E-state index in [1.807, 2.05) is 42.5 Å². The first-order valence-electron chi connectivity index (χ1n) is 10.9. The van der Waals surface area contributed by atoms with E-state index in [2.05, 4.69) is 11.4 Å². The summed E-state index contributed by atoms with van der Waals surface area (Å²) in [7, 11) is 0. The molecule has 2 aliphatic carbocycles. The summed E-state index contributed by atoms with van der Waals surface area (Å²) in [5.41, 5.74) is 7.44. The minimum Gasteiger partial charge on any atom is -0.399 e. The van der Waals surface area contributed by atoms with Gasteiger partial charge in [0.2, 0.25) is 0 Å². The number of nitrogens with one attached hydrogen (secondary N) is 1. The molecule has 0 aliphatic heterocycles. The lowest BCUT2D eigenvalue weighted by atomic mass is 9.82. The molecule has 2 aliphatic rings. The van der Waals surface area contributed by atoms with Crippen molar-refractivity contribution in [1.82, 2.24) is 10.3 Å². The van der Waals surface area contributed by atoms with E-state index in [1.165, 1.54) is 22.8 Å². The number of thiophene rings is 1. The van der Waals surface area contributed by atoms with Gasteiger partial charge < -0.3 is 11.1 Å². The molecular weight excluding hydrogens is 406 g/mol. The number of nitriles is 1. The van der Waals surface area contributed by atoms with Gasteiger partial charge in [-0.2, -0.15) is 5.26 Å². The molecule has 1 unspecified atom stereocenters. The summed E-state index contributed by atoms with van der Waals surface area (Å²) in [6.45, 7) is 0. The number of carbonyl (C=O) groups excluding carboxylic acids is 1. The highest BCUT2D eigenvalue weighted by molar-refractivity contribution is 7.17. The number of hydrogen-bond donors (Lipinski definition) is 3. The fourth-order valence-corrected chi connectivity index (χ4v) is 5.20. The van der Waals surface area contributed by atoms with Crippen LogP contribution in [-0.4, -0.2) is 22.5 Å². The first-order valence-corrected chi connectivity index (χ1v) is 11.7. The van der Waals surface area contributed by atoms with Crippen molar-refractivity contribution in [3.8, 4) is 16.5 Å². The van der Waals surface area contributed by atoms with Gasteiger partial charge in [-0.1, -0.05) is 49.6 Å². The van der Waals surface area contributed by atoms with Gasteiger partial charge in [-0.25, -0.2) is 5.84 Å². The number of rotatable bonds is 7. The smallest absolute Gasteiger partial charge is 0.261 e. The van der Waals surface area contributed by atoms with Gasteiger partial charge in [0.25, 0.3) is 5.91 Å². The SMILES string of the molecule is N#CC1(N(N)/C=C(\N)C(NC(=O)c2ccc(-c3ccccc3)s2)C2CCCCC2)CC1. The Morgan fingerprint density at radius 1 is 1.19 bits per heavy atom. The fraction of sp³-hybridized carbons (Fsp3) is 0.417. The summed E-state index contributed by atoms with van der Waals surface area (Å²) >= 11 is 1.48. The lowest BCUT2D eigenvalue weighted by Crippen LogP contribution is -2.46. The molecule has 162 valence electrons. The Balaban J connectivity index is 1.53. The normalized spacial score (nSPS) is 19.3. The topological polar surface area (TPSA) is 108 Å². The monoisotopic (exact) mass is 435 g/mol. The Kier molecular flexibility index (Phi) is 6.30. The first kappa shape index (κ1) is 21.4. The van der Waals surface area contributed by atoms with E-state index in [-0.39, 0.29) is 17.9 Å². The van der Waals surface area contributed by atoms with Crippen LogP contribution in [-0.2, 0) is 0 Å². The maximum Gasteiger partial charge on any atom is 0.261 e. The second kappa shape index (κ2) is 9.13. The molecule has 5 N–H and O–H groups in total. The largest absolute Gasteiger partial charge is 0.399 e. The van der Waals surface area contributed by atoms with Gasteiger partial charge in [0.1, 0.15) is 5.54 Å². The number of hydrazine groups is 1. The maximum absolute atomic E-state index is 13.1. The van der Waals surface area contributed by atoms with Crippen LogP contribution in [0.1, 0.15) is 54.6 Å². The molecule has 7 heteroatoms. The molecule has 0 saturated heterocycles. The Labute approximate surface area is 187 Å². The van der Waals surface area contributed by atoms with E-state index in [0.29, 0.717) is 10.6 Å². The molecule has 4 rings (SSSR count). The third kappa shape index (κ3) is 4.76. The molecule has 6 nitrogen and oxygen atoms in total. The van der Waals surface area contributed by atoms with Crippen molar-refractivity contribution < 1.29 is 4.79 Å². The minimum absolute atomic E-state index is 0.121. The summed E-state index contributed by atoms with van der Waals surface area (Å²) in [6, 6.07) is 15.9. The maximum atomic E-state index is 13.1. The molecule has 0 radical (unpaired) electrons. The highest BCUT2D eigenvalue weighted by Gasteiger charge is 2.47. The van der Waals surface area contributed by atoms with E-state index >= 15 is 0 Å². The van der Waals surface area contributed by atoms with Crippen LogP contribution < -0.4 is 16.9 Å². The van der Waals surface area contributed by atoms with Crippen molar-refractivity contribution in [3.05, 3.63) is 59.2 Å². The molecule has 2 aromatic rings. The number of nitrogens with two attached hydrogens (primary N) is 2. The zero-order valence-electron chi connectivity index (χ0n) is 17.6. The van der Waals surface area contributed by atoms with Crippen molar-refractivity contribution >= 4 is 17.2 Å². The highest BCUT2D eigenvalue weighted by Crippen LogP contribution is 2.40. The van der Waals surface area contributed by atoms with E-state index < -0.39 is 5.54 Å². The van der Waals surface area contributed by atoms with Crippen LogP contribution in [0.3, 0.4) is 0 Å². The Hall–Kier alpha value is -2.82. The number of amides is 1. The summed E-state index contributed by atoms with van der Waals surface area (Å²) in [6.07, 6.45) is 8.65. The lowest BCUT2D eigenvalue weighted by Gasteiger charge is -2.32. The van der Waals surface area contributed by atoms with E-state index in [1.54, 1.807) is 6.20 Å². The molecule has 1 aromatic heterocycles. The van der Waals surface area contributed by atoms with Crippen molar-refractivity contribution in [2.75, 3.05) is 0 Å². The molecule has 2 saturated carbocycles. The molecule has 0 spiro atoms. The zero-order valence-corrected chi connectivity index (χ0v) is 18.4. The van der Waals surface area contributed by atoms with Gasteiger partial charge in [0, 0.05) is 16.8 Å². The summed E-state index contributed by atoms with van der Waals surface area (Å²) < 4.78 is 0. The predicted molar refractivity (Wildman–Crippen MR) is 123 cm³/mol. The van der Waals surface area contributed by atoms with Crippen molar-refractivity contribution in [2.24, 2.45) is 17.5 Å². The number of nitrogens with zero attached hydrogens (tertiary/aromatic N) is 2. The zero-order chi connectivity index (χ0) is 21.8. The summed E-state index contributed by atoms with van der Waals surface area (Å²) in [4.78, 5) is 14.8. The lowest BCUT2D eigenvalue weighted by molar-refractivity contribution is 0.0926. The Bertz CT molecular complexity index is 983. The molecule has 2 fully saturated rings. The van der Waals surface area contributed by atoms with Crippen LogP contribution in [0.2, 0.25) is 0 Å². The van der Waals surface area contributed by atoms with Crippen LogP contribution in [0, 0.1) is 17.2 Å². The second-order valence-corrected chi connectivity index (χ2v) is 9.64. The molecule has 1 amide bonds. The van der Waals surface area contributed by atoms with Gasteiger partial charge in [-0.15, -0.1) is 11.3 Å². The Morgan fingerprint density at radius 3 is 2.55 bits per heavy atom. The quantitative estimate of drug-likeness (QED) is 0.448. The van der Waals surface area contributed by atoms with Crippen LogP contribution in [0.15, 0.2) is 54.4 Å². The van der Waals surface area contributed by atoms with Gasteiger partial charge in [0.05, 0.1) is 17.0 Å². The van der Waals surface area contributed by atoms with Crippen molar-refractivity contribution in [3.63, 3.8) is 0 Å². The molecule has 31 heavy (non-hydrogen) atoms. The average molecular weight is 436 g/mol. The number of hydrogen-bond acceptors (Lipinski definition) is 6. The fourth-order valence-electron chi connectivity index (χ4n) is 4.28. The molecule has 1 aromatic carbocycles. The minimum atomic E-state index is -0.649. The van der Waals surface area contributed by atoms with Crippen LogP contribution >= 0.6 is 11.3 Å². The third-order valence-corrected chi connectivity index (χ3v) is 7.50. The summed E-state index contributed by atoms with van der Waals surface area (Å²) in [5.74, 6) is 6.30. The van der Waals surface area contributed by atoms with Gasteiger partial charge in [-0.05, 0) is 49.3 Å². The average Bonchev–Trinajstić information content (AvgIpc) is 3.46. The second-order valence-electron chi connectivity index (χ2n) is 8.56. The molecule has 1 heterocycles. The molecule has 0 bridgehead atoms. The van der Waals surface area contributed by atoms with Crippen LogP contribution in [0.4, 0.5) is 0 Å². The van der Waals surface area contributed by atoms with Gasteiger partial charge >= 0.3 is 0 Å². The third-order valence-electron chi connectivity index (χ3n) is 6.37. The van der Waals surface area contributed by atoms with E-state index in [4.69, 9.17) is 11.6 Å². The van der Waals surface area contributed by atoms with Crippen molar-refractivity contribution in [1.29, 1.82) is 5.26 Å². The highest BCUT2D eigenvalue weighted by atomic mass is 32.1. The van der Waals surface area contributed by atoms with Gasteiger partial charge in [-0.3, -0.25) is 9.80 Å². The Morgan fingerprint density at radius 2 is 1.90 bits per heavy atom. The number of carbonyl (C=O) groups is 1. The van der Waals surface area contributed by atoms with Crippen LogP contribution in [0.25, 0.3) is 10.4 Å². The van der Waals surface area contributed by atoms with Crippen LogP contribution in [0.5, 0.6) is 0 Å². The number of benzene rings is 1. The van der Waals surface area contributed by atoms with Crippen molar-refractivity contribution in [2.45, 2.75) is 56.5 Å². The summed E-state index contributed by atoms with van der Waals surface area (Å²) in [5, 5.41) is 14.0. The van der Waals surface area contributed by atoms with E-state index in [0.717, 1.165) is 49.0 Å².